The Morgan fingerprint density at radius 2 is 1.93 bits per heavy atom. The molecule has 0 aliphatic heterocycles. The van der Waals surface area contributed by atoms with E-state index >= 15 is 0 Å². The molecule has 0 spiro atoms. The van der Waals surface area contributed by atoms with E-state index in [2.05, 4.69) is 44.8 Å². The smallest absolute Gasteiger partial charge is 0.363 e. The normalized spacial score (nSPS) is 11.1. The summed E-state index contributed by atoms with van der Waals surface area (Å²) < 4.78 is 6.13. The second kappa shape index (κ2) is 8.35. The van der Waals surface area contributed by atoms with E-state index in [-0.39, 0.29) is 5.82 Å². The standard InChI is InChI=1S/C22H19N5O2/c1-15-6-2-3-8-17(15)14-29-20-11-10-16-7-4-5-9-18(16)19(20)12-23-26-21-13-24-27-22(28)25-21/h2-13H,14H2,1H3,(H2,25,26,27,28)/b23-12+. The number of benzene rings is 3. The van der Waals surface area contributed by atoms with Gasteiger partial charge in [-0.1, -0.05) is 54.6 Å². The lowest BCUT2D eigenvalue weighted by molar-refractivity contribution is 0.305. The average molecular weight is 385 g/mol. The molecule has 1 heterocycles. The third-order valence-corrected chi connectivity index (χ3v) is 4.52. The lowest BCUT2D eigenvalue weighted by Gasteiger charge is -2.13. The van der Waals surface area contributed by atoms with Crippen molar-refractivity contribution in [1.29, 1.82) is 0 Å². The van der Waals surface area contributed by atoms with E-state index in [1.54, 1.807) is 6.21 Å². The van der Waals surface area contributed by atoms with E-state index in [1.807, 2.05) is 48.5 Å². The Morgan fingerprint density at radius 3 is 2.79 bits per heavy atom. The Morgan fingerprint density at radius 1 is 1.10 bits per heavy atom. The molecule has 1 aromatic heterocycles. The number of nitrogens with one attached hydrogen (secondary N) is 2. The molecule has 0 saturated carbocycles. The van der Waals surface area contributed by atoms with Crippen LogP contribution in [0.25, 0.3) is 10.8 Å². The second-order valence-electron chi connectivity index (χ2n) is 6.46. The molecule has 29 heavy (non-hydrogen) atoms. The first-order valence-electron chi connectivity index (χ1n) is 9.10. The van der Waals surface area contributed by atoms with Gasteiger partial charge >= 0.3 is 5.69 Å². The highest BCUT2D eigenvalue weighted by Crippen LogP contribution is 2.27. The molecule has 0 amide bonds. The highest BCUT2D eigenvalue weighted by molar-refractivity contribution is 6.02. The summed E-state index contributed by atoms with van der Waals surface area (Å²) in [5.74, 6) is 0.974. The van der Waals surface area contributed by atoms with E-state index in [0.29, 0.717) is 6.61 Å². The summed E-state index contributed by atoms with van der Waals surface area (Å²) in [6.07, 6.45) is 3.05. The molecule has 0 fully saturated rings. The van der Waals surface area contributed by atoms with Gasteiger partial charge in [0.2, 0.25) is 0 Å². The van der Waals surface area contributed by atoms with Gasteiger partial charge in [-0.2, -0.15) is 15.2 Å². The molecule has 4 aromatic rings. The molecule has 0 aliphatic rings. The number of hydrazone groups is 1. The summed E-state index contributed by atoms with van der Waals surface area (Å²) in [6, 6.07) is 20.1. The van der Waals surface area contributed by atoms with E-state index in [1.165, 1.54) is 11.8 Å². The second-order valence-corrected chi connectivity index (χ2v) is 6.46. The minimum Gasteiger partial charge on any atom is -0.488 e. The third kappa shape index (κ3) is 4.30. The number of hydrogen-bond donors (Lipinski definition) is 2. The quantitative estimate of drug-likeness (QED) is 0.390. The van der Waals surface area contributed by atoms with Gasteiger partial charge in [0.1, 0.15) is 12.4 Å². The molecule has 0 aliphatic carbocycles. The van der Waals surface area contributed by atoms with Crippen LogP contribution >= 0.6 is 0 Å². The summed E-state index contributed by atoms with van der Waals surface area (Å²) in [6.45, 7) is 2.52. The fourth-order valence-corrected chi connectivity index (χ4v) is 2.99. The number of aryl methyl sites for hydroxylation is 1. The number of rotatable bonds is 6. The van der Waals surface area contributed by atoms with Crippen LogP contribution in [0.15, 0.2) is 76.8 Å². The first-order valence-corrected chi connectivity index (χ1v) is 9.10. The molecule has 144 valence electrons. The fourth-order valence-electron chi connectivity index (χ4n) is 2.99. The molecule has 2 N–H and O–H groups in total. The van der Waals surface area contributed by atoms with Gasteiger partial charge < -0.3 is 4.74 Å². The molecule has 7 heteroatoms. The SMILES string of the molecule is Cc1ccccc1COc1ccc2ccccc2c1/C=N/Nc1cn[nH]c(=O)n1. The van der Waals surface area contributed by atoms with Crippen molar-refractivity contribution in [2.45, 2.75) is 13.5 Å². The summed E-state index contributed by atoms with van der Waals surface area (Å²) in [5.41, 5.74) is 5.32. The lowest BCUT2D eigenvalue weighted by atomic mass is 10.0. The average Bonchev–Trinajstić information content (AvgIpc) is 2.74. The molecule has 0 radical (unpaired) electrons. The zero-order valence-electron chi connectivity index (χ0n) is 15.8. The van der Waals surface area contributed by atoms with Gasteiger partial charge in [-0.3, -0.25) is 5.43 Å². The number of H-pyrrole nitrogens is 1. The van der Waals surface area contributed by atoms with Crippen molar-refractivity contribution >= 4 is 22.8 Å². The predicted molar refractivity (Wildman–Crippen MR) is 113 cm³/mol. The van der Waals surface area contributed by atoms with Crippen LogP contribution in [0.4, 0.5) is 5.82 Å². The van der Waals surface area contributed by atoms with E-state index in [4.69, 9.17) is 4.74 Å². The molecule has 0 atom stereocenters. The summed E-state index contributed by atoms with van der Waals surface area (Å²) in [4.78, 5) is 15.0. The Hall–Kier alpha value is -4.00. The van der Waals surface area contributed by atoms with Crippen molar-refractivity contribution in [1.82, 2.24) is 15.2 Å². The predicted octanol–water partition coefficient (Wildman–Crippen LogP) is 3.65. The van der Waals surface area contributed by atoms with Gasteiger partial charge in [0, 0.05) is 5.56 Å². The van der Waals surface area contributed by atoms with Crippen LogP contribution in [0.5, 0.6) is 5.75 Å². The van der Waals surface area contributed by atoms with Crippen molar-refractivity contribution in [2.75, 3.05) is 5.43 Å². The van der Waals surface area contributed by atoms with Crippen molar-refractivity contribution in [3.63, 3.8) is 0 Å². The van der Waals surface area contributed by atoms with Crippen LogP contribution in [0.1, 0.15) is 16.7 Å². The number of aromatic amines is 1. The Balaban J connectivity index is 1.64. The van der Waals surface area contributed by atoms with Crippen LogP contribution in [-0.4, -0.2) is 21.4 Å². The monoisotopic (exact) mass is 385 g/mol. The van der Waals surface area contributed by atoms with Gasteiger partial charge in [0.15, 0.2) is 5.82 Å². The third-order valence-electron chi connectivity index (χ3n) is 4.52. The molecule has 0 saturated heterocycles. The van der Waals surface area contributed by atoms with Gasteiger partial charge in [0.05, 0.1) is 12.4 Å². The molecule has 0 bridgehead atoms. The minimum absolute atomic E-state index is 0.257. The molecule has 7 nitrogen and oxygen atoms in total. The van der Waals surface area contributed by atoms with Gasteiger partial charge in [0.25, 0.3) is 0 Å². The first kappa shape index (κ1) is 18.4. The number of anilines is 1. The highest BCUT2D eigenvalue weighted by Gasteiger charge is 2.08. The van der Waals surface area contributed by atoms with Crippen molar-refractivity contribution in [3.8, 4) is 5.75 Å². The van der Waals surface area contributed by atoms with Gasteiger partial charge in [-0.05, 0) is 34.9 Å². The van der Waals surface area contributed by atoms with E-state index in [0.717, 1.165) is 27.6 Å². The summed E-state index contributed by atoms with van der Waals surface area (Å²) >= 11 is 0. The van der Waals surface area contributed by atoms with E-state index in [9.17, 15) is 4.79 Å². The van der Waals surface area contributed by atoms with Crippen LogP contribution in [0.3, 0.4) is 0 Å². The Kier molecular flexibility index (Phi) is 5.29. The van der Waals surface area contributed by atoms with Gasteiger partial charge in [-0.15, -0.1) is 0 Å². The van der Waals surface area contributed by atoms with Gasteiger partial charge in [-0.25, -0.2) is 9.89 Å². The van der Waals surface area contributed by atoms with E-state index < -0.39 is 5.69 Å². The van der Waals surface area contributed by atoms with Crippen molar-refractivity contribution < 1.29 is 4.74 Å². The maximum absolute atomic E-state index is 11.3. The van der Waals surface area contributed by atoms with Crippen LogP contribution in [0.2, 0.25) is 0 Å². The van der Waals surface area contributed by atoms with Crippen LogP contribution in [-0.2, 0) is 6.61 Å². The molecule has 3 aromatic carbocycles. The maximum Gasteiger partial charge on any atom is 0.363 e. The first-order chi connectivity index (χ1) is 14.2. The molecule has 0 unspecified atom stereocenters. The lowest BCUT2D eigenvalue weighted by Crippen LogP contribution is -2.13. The van der Waals surface area contributed by atoms with Crippen molar-refractivity contribution in [2.24, 2.45) is 5.10 Å². The Labute approximate surface area is 167 Å². The summed E-state index contributed by atoms with van der Waals surface area (Å²) in [5, 5.41) is 12.2. The molecule has 4 rings (SSSR count). The maximum atomic E-state index is 11.3. The fraction of sp³-hybridized carbons (Fsp3) is 0.0909. The largest absolute Gasteiger partial charge is 0.488 e. The molecular formula is C22H19N5O2. The zero-order valence-corrected chi connectivity index (χ0v) is 15.8. The Bertz CT molecular complexity index is 1230. The zero-order chi connectivity index (χ0) is 20.1. The van der Waals surface area contributed by atoms with Crippen molar-refractivity contribution in [3.05, 3.63) is 94.0 Å². The highest BCUT2D eigenvalue weighted by atomic mass is 16.5. The minimum atomic E-state index is -0.544. The molecular weight excluding hydrogens is 366 g/mol. The number of nitrogens with zero attached hydrogens (tertiary/aromatic N) is 3. The van der Waals surface area contributed by atoms with Crippen LogP contribution < -0.4 is 15.9 Å². The summed E-state index contributed by atoms with van der Waals surface area (Å²) in [7, 11) is 0. The topological polar surface area (TPSA) is 92.3 Å². The van der Waals surface area contributed by atoms with Crippen LogP contribution in [0, 0.1) is 6.92 Å². The number of fused-ring (bicyclic) bond motifs is 1. The number of hydrogen-bond acceptors (Lipinski definition) is 6. The number of ether oxygens (including phenoxy) is 1. The number of aromatic nitrogens is 3.